The molecule has 3 aromatic rings. The van der Waals surface area contributed by atoms with E-state index in [0.717, 1.165) is 41.0 Å². The lowest BCUT2D eigenvalue weighted by Gasteiger charge is -2.32. The van der Waals surface area contributed by atoms with Gasteiger partial charge in [0.15, 0.2) is 5.82 Å². The van der Waals surface area contributed by atoms with Crippen LogP contribution in [0.4, 0.5) is 26.2 Å². The minimum Gasteiger partial charge on any atom is -0.371 e. The molecule has 0 bridgehead atoms. The molecule has 0 aromatic carbocycles. The van der Waals surface area contributed by atoms with Gasteiger partial charge in [0.1, 0.15) is 11.2 Å². The van der Waals surface area contributed by atoms with Crippen molar-refractivity contribution < 1.29 is 8.78 Å². The zero-order valence-corrected chi connectivity index (χ0v) is 18.4. The number of pyridine rings is 1. The lowest BCUT2D eigenvalue weighted by Crippen LogP contribution is -2.41. The van der Waals surface area contributed by atoms with Crippen molar-refractivity contribution in [3.05, 3.63) is 30.1 Å². The van der Waals surface area contributed by atoms with Gasteiger partial charge in [-0.1, -0.05) is 0 Å². The van der Waals surface area contributed by atoms with E-state index in [9.17, 15) is 8.78 Å². The first-order valence-electron chi connectivity index (χ1n) is 10.6. The Kier molecular flexibility index (Phi) is 6.54. The molecule has 2 N–H and O–H groups in total. The van der Waals surface area contributed by atoms with E-state index in [2.05, 4.69) is 35.9 Å². The lowest BCUT2D eigenvalue weighted by atomic mass is 10.1. The number of hydrogen-bond donors (Lipinski definition) is 2. The monoisotopic (exact) mass is 443 g/mol. The Labute approximate surface area is 185 Å². The molecule has 0 saturated carbocycles. The van der Waals surface area contributed by atoms with E-state index in [1.807, 2.05) is 38.4 Å². The van der Waals surface area contributed by atoms with Crippen molar-refractivity contribution in [2.24, 2.45) is 10.2 Å². The molecule has 11 heteroatoms. The van der Waals surface area contributed by atoms with Gasteiger partial charge in [0, 0.05) is 45.0 Å². The van der Waals surface area contributed by atoms with Gasteiger partial charge in [-0.05, 0) is 38.0 Å². The molecule has 9 nitrogen and oxygen atoms in total. The van der Waals surface area contributed by atoms with Gasteiger partial charge in [-0.2, -0.15) is 15.2 Å². The van der Waals surface area contributed by atoms with Crippen LogP contribution >= 0.6 is 0 Å². The average Bonchev–Trinajstić information content (AvgIpc) is 3.20. The molecule has 0 atom stereocenters. The predicted molar refractivity (Wildman–Crippen MR) is 120 cm³/mol. The molecule has 1 saturated heterocycles. The van der Waals surface area contributed by atoms with Crippen molar-refractivity contribution in [3.63, 3.8) is 0 Å². The first kappa shape index (κ1) is 22.0. The number of piperidine rings is 1. The number of nitrogens with one attached hydrogen (secondary N) is 2. The van der Waals surface area contributed by atoms with Crippen LogP contribution in [0, 0.1) is 6.92 Å². The normalized spacial score (nSPS) is 15.8. The van der Waals surface area contributed by atoms with Gasteiger partial charge in [0.25, 0.3) is 6.43 Å². The SMILES string of the molecule is CN=Nc1ccc(-c2ccn3nc(NC4CCN(CC(F)F)CC4)nc(NC)c23)nc1C. The molecule has 0 unspecified atom stereocenters. The van der Waals surface area contributed by atoms with Gasteiger partial charge >= 0.3 is 0 Å². The van der Waals surface area contributed by atoms with Crippen LogP contribution in [0.15, 0.2) is 34.6 Å². The molecule has 1 aliphatic rings. The summed E-state index contributed by atoms with van der Waals surface area (Å²) in [6.07, 6.45) is 1.12. The Bertz CT molecular complexity index is 1100. The second-order valence-electron chi connectivity index (χ2n) is 7.77. The van der Waals surface area contributed by atoms with Crippen LogP contribution < -0.4 is 10.6 Å². The van der Waals surface area contributed by atoms with E-state index in [4.69, 9.17) is 0 Å². The number of alkyl halides is 2. The highest BCUT2D eigenvalue weighted by atomic mass is 19.3. The highest BCUT2D eigenvalue weighted by molar-refractivity contribution is 5.87. The van der Waals surface area contributed by atoms with Crippen LogP contribution in [-0.4, -0.2) is 70.7 Å². The molecule has 32 heavy (non-hydrogen) atoms. The van der Waals surface area contributed by atoms with Crippen LogP contribution in [0.1, 0.15) is 18.5 Å². The van der Waals surface area contributed by atoms with Crippen molar-refractivity contribution in [2.45, 2.75) is 32.2 Å². The molecule has 0 aliphatic carbocycles. The third kappa shape index (κ3) is 4.67. The van der Waals surface area contributed by atoms with Crippen molar-refractivity contribution in [2.75, 3.05) is 44.4 Å². The zero-order chi connectivity index (χ0) is 22.7. The highest BCUT2D eigenvalue weighted by Gasteiger charge is 2.23. The second-order valence-corrected chi connectivity index (χ2v) is 7.77. The van der Waals surface area contributed by atoms with E-state index in [1.54, 1.807) is 16.5 Å². The molecular weight excluding hydrogens is 416 g/mol. The molecule has 1 fully saturated rings. The van der Waals surface area contributed by atoms with E-state index >= 15 is 0 Å². The molecule has 0 spiro atoms. The summed E-state index contributed by atoms with van der Waals surface area (Å²) < 4.78 is 27.0. The largest absolute Gasteiger partial charge is 0.371 e. The van der Waals surface area contributed by atoms with Gasteiger partial charge in [-0.15, -0.1) is 5.10 Å². The van der Waals surface area contributed by atoms with Crippen LogP contribution in [0.2, 0.25) is 0 Å². The summed E-state index contributed by atoms with van der Waals surface area (Å²) in [6.45, 7) is 3.00. The lowest BCUT2D eigenvalue weighted by molar-refractivity contribution is 0.0769. The van der Waals surface area contributed by atoms with Crippen molar-refractivity contribution >= 4 is 23.0 Å². The molecule has 1 aliphatic heterocycles. The Morgan fingerprint density at radius 1 is 1.19 bits per heavy atom. The minimum atomic E-state index is -2.29. The fraction of sp³-hybridized carbons (Fsp3) is 0.476. The van der Waals surface area contributed by atoms with E-state index < -0.39 is 6.43 Å². The average molecular weight is 444 g/mol. The second kappa shape index (κ2) is 9.51. The molecule has 0 amide bonds. The summed E-state index contributed by atoms with van der Waals surface area (Å²) >= 11 is 0. The number of azo groups is 1. The summed E-state index contributed by atoms with van der Waals surface area (Å²) in [6, 6.07) is 5.90. The third-order valence-electron chi connectivity index (χ3n) is 5.61. The highest BCUT2D eigenvalue weighted by Crippen LogP contribution is 2.31. The predicted octanol–water partition coefficient (Wildman–Crippen LogP) is 4.00. The fourth-order valence-electron chi connectivity index (χ4n) is 4.02. The first-order valence-corrected chi connectivity index (χ1v) is 10.6. The molecule has 0 radical (unpaired) electrons. The number of anilines is 2. The zero-order valence-electron chi connectivity index (χ0n) is 18.4. The smallest absolute Gasteiger partial charge is 0.251 e. The Hall–Kier alpha value is -3.21. The van der Waals surface area contributed by atoms with Gasteiger partial charge < -0.3 is 10.6 Å². The maximum Gasteiger partial charge on any atom is 0.251 e. The van der Waals surface area contributed by atoms with Gasteiger partial charge in [-0.25, -0.2) is 13.3 Å². The van der Waals surface area contributed by atoms with Crippen molar-refractivity contribution in [1.82, 2.24) is 24.5 Å². The van der Waals surface area contributed by atoms with Gasteiger partial charge in [0.2, 0.25) is 5.95 Å². The Balaban J connectivity index is 1.57. The van der Waals surface area contributed by atoms with Crippen molar-refractivity contribution in [3.8, 4) is 11.3 Å². The van der Waals surface area contributed by atoms with E-state index in [-0.39, 0.29) is 12.6 Å². The summed E-state index contributed by atoms with van der Waals surface area (Å²) in [5.41, 5.74) is 4.05. The third-order valence-corrected chi connectivity index (χ3v) is 5.61. The Morgan fingerprint density at radius 2 is 1.97 bits per heavy atom. The number of fused-ring (bicyclic) bond motifs is 1. The summed E-state index contributed by atoms with van der Waals surface area (Å²) in [7, 11) is 3.44. The summed E-state index contributed by atoms with van der Waals surface area (Å²) in [5, 5.41) is 19.0. The van der Waals surface area contributed by atoms with Gasteiger partial charge in [-0.3, -0.25) is 9.88 Å². The number of aromatic nitrogens is 4. The molecule has 4 rings (SSSR count). The quantitative estimate of drug-likeness (QED) is 0.536. The molecule has 3 aromatic heterocycles. The first-order chi connectivity index (χ1) is 15.5. The number of aryl methyl sites for hydroxylation is 1. The van der Waals surface area contributed by atoms with E-state index in [1.165, 1.54) is 0 Å². The number of hydrogen-bond acceptors (Lipinski definition) is 8. The summed E-state index contributed by atoms with van der Waals surface area (Å²) in [4.78, 5) is 11.1. The molecular formula is C21H27F2N9. The maximum atomic E-state index is 12.6. The number of nitrogens with zero attached hydrogens (tertiary/aromatic N) is 7. The number of rotatable bonds is 7. The van der Waals surface area contributed by atoms with Crippen LogP contribution in [0.3, 0.4) is 0 Å². The van der Waals surface area contributed by atoms with Crippen LogP contribution in [0.25, 0.3) is 16.8 Å². The standard InChI is InChI=1S/C21H27F2N9/c1-13-16(29-25-3)4-5-17(26-13)15-8-11-32-19(15)20(24-2)28-21(30-32)27-14-6-9-31(10-7-14)12-18(22)23/h4-5,8,11,14,18H,6-7,9-10,12H2,1-3H3,(H2,24,27,28,30). The Morgan fingerprint density at radius 3 is 2.62 bits per heavy atom. The minimum absolute atomic E-state index is 0.144. The topological polar surface area (TPSA) is 95.1 Å². The molecule has 170 valence electrons. The molecule has 4 heterocycles. The number of halogens is 2. The van der Waals surface area contributed by atoms with E-state index in [0.29, 0.717) is 24.9 Å². The summed E-state index contributed by atoms with van der Waals surface area (Å²) in [5.74, 6) is 1.17. The van der Waals surface area contributed by atoms with Gasteiger partial charge in [0.05, 0.1) is 17.9 Å². The van der Waals surface area contributed by atoms with Crippen LogP contribution in [-0.2, 0) is 0 Å². The fourth-order valence-corrected chi connectivity index (χ4v) is 4.02. The van der Waals surface area contributed by atoms with Crippen LogP contribution in [0.5, 0.6) is 0 Å². The maximum absolute atomic E-state index is 12.6. The van der Waals surface area contributed by atoms with Crippen molar-refractivity contribution in [1.29, 1.82) is 0 Å². The number of likely N-dealkylation sites (tertiary alicyclic amines) is 1.